The van der Waals surface area contributed by atoms with E-state index >= 15 is 0 Å². The second-order valence-electron chi connectivity index (χ2n) is 9.97. The molecule has 0 saturated heterocycles. The number of nitrogens with zero attached hydrogens (tertiary/aromatic N) is 4. The largest absolute Gasteiger partial charge is 0.492 e. The average Bonchev–Trinajstić information content (AvgIpc) is 3.52. The third-order valence-electron chi connectivity index (χ3n) is 7.20. The number of anilines is 1. The van der Waals surface area contributed by atoms with Crippen LogP contribution in [-0.2, 0) is 13.0 Å². The molecule has 3 aromatic heterocycles. The lowest BCUT2D eigenvalue weighted by atomic mass is 10.1. The van der Waals surface area contributed by atoms with Gasteiger partial charge in [0.15, 0.2) is 5.75 Å². The van der Waals surface area contributed by atoms with Gasteiger partial charge >= 0.3 is 12.2 Å². The standard InChI is InChI=1S/C28H29F4N5O3S/c1-37(25-20-11-19(12-28(30,31)32)41-26(20)36-27(35-25)40-3)21-9-18(10-22(21)38)33-13-15-4-6-16(7-5-15)17-8-23(39-2)24(29)34-14-17/h4-8,11,14,18,21-22,33,38H,9-10,12-13H2,1-3H3. The van der Waals surface area contributed by atoms with Crippen LogP contribution in [-0.4, -0.2) is 65.7 Å². The molecule has 8 nitrogen and oxygen atoms in total. The predicted octanol–water partition coefficient (Wildman–Crippen LogP) is 5.13. The van der Waals surface area contributed by atoms with Gasteiger partial charge in [-0.15, -0.1) is 11.3 Å². The summed E-state index contributed by atoms with van der Waals surface area (Å²) in [7, 11) is 4.57. The molecule has 0 bridgehead atoms. The molecular formula is C28H29F4N5O3S. The average molecular weight is 592 g/mol. The number of rotatable bonds is 9. The van der Waals surface area contributed by atoms with Gasteiger partial charge in [0.25, 0.3) is 5.95 Å². The van der Waals surface area contributed by atoms with E-state index in [-0.39, 0.29) is 28.7 Å². The molecule has 2 N–H and O–H groups in total. The number of aliphatic hydroxyl groups excluding tert-OH is 1. The maximum Gasteiger partial charge on any atom is 0.393 e. The van der Waals surface area contributed by atoms with Crippen LogP contribution in [0.15, 0.2) is 42.6 Å². The first kappa shape index (κ1) is 29.0. The molecule has 0 radical (unpaired) electrons. The summed E-state index contributed by atoms with van der Waals surface area (Å²) >= 11 is 0.958. The summed E-state index contributed by atoms with van der Waals surface area (Å²) in [5.74, 6) is -0.164. The number of likely N-dealkylation sites (N-methyl/N-ethyl adjacent to an activating group) is 1. The fraction of sp³-hybridized carbons (Fsp3) is 0.393. The first-order chi connectivity index (χ1) is 19.5. The van der Waals surface area contributed by atoms with Crippen molar-refractivity contribution in [1.82, 2.24) is 20.3 Å². The number of methoxy groups -OCH3 is 2. The zero-order valence-electron chi connectivity index (χ0n) is 22.6. The van der Waals surface area contributed by atoms with Crippen LogP contribution in [0, 0.1) is 5.95 Å². The fourth-order valence-corrected chi connectivity index (χ4v) is 6.17. The van der Waals surface area contributed by atoms with Crippen LogP contribution in [0.25, 0.3) is 21.3 Å². The Balaban J connectivity index is 1.26. The lowest BCUT2D eigenvalue weighted by Gasteiger charge is -2.28. The molecule has 4 aromatic rings. The predicted molar refractivity (Wildman–Crippen MR) is 148 cm³/mol. The first-order valence-corrected chi connectivity index (χ1v) is 13.7. The van der Waals surface area contributed by atoms with Crippen molar-refractivity contribution in [2.45, 2.75) is 50.2 Å². The number of ether oxygens (including phenoxy) is 2. The Morgan fingerprint density at radius 2 is 1.83 bits per heavy atom. The highest BCUT2D eigenvalue weighted by Crippen LogP contribution is 2.37. The van der Waals surface area contributed by atoms with Gasteiger partial charge in [-0.2, -0.15) is 27.5 Å². The number of aromatic nitrogens is 3. The van der Waals surface area contributed by atoms with Gasteiger partial charge in [-0.1, -0.05) is 24.3 Å². The Bertz CT molecular complexity index is 1520. The molecule has 5 rings (SSSR count). The van der Waals surface area contributed by atoms with Crippen LogP contribution < -0.4 is 19.7 Å². The Hall–Kier alpha value is -3.55. The summed E-state index contributed by atoms with van der Waals surface area (Å²) in [6.45, 7) is 0.565. The quantitative estimate of drug-likeness (QED) is 0.205. The van der Waals surface area contributed by atoms with E-state index in [1.54, 1.807) is 13.1 Å². The number of thiophene rings is 1. The van der Waals surface area contributed by atoms with Crippen LogP contribution in [0.1, 0.15) is 23.3 Å². The minimum absolute atomic E-state index is 0.00479. The monoisotopic (exact) mass is 591 g/mol. The lowest BCUT2D eigenvalue weighted by molar-refractivity contribution is -0.126. The summed E-state index contributed by atoms with van der Waals surface area (Å²) in [6.07, 6.45) is -3.50. The first-order valence-electron chi connectivity index (χ1n) is 12.9. The number of fused-ring (bicyclic) bond motifs is 1. The molecule has 3 atom stereocenters. The smallest absolute Gasteiger partial charge is 0.393 e. The van der Waals surface area contributed by atoms with Gasteiger partial charge in [0, 0.05) is 36.3 Å². The van der Waals surface area contributed by atoms with Gasteiger partial charge in [-0.25, -0.2) is 4.98 Å². The Kier molecular flexibility index (Phi) is 8.30. The SMILES string of the molecule is COc1nc(N(C)C2CC(NCc3ccc(-c4cnc(F)c(OC)c4)cc3)CC2O)c2cc(CC(F)(F)F)sc2n1. The van der Waals surface area contributed by atoms with Gasteiger partial charge < -0.3 is 24.8 Å². The van der Waals surface area contributed by atoms with Gasteiger partial charge in [0.2, 0.25) is 0 Å². The molecule has 218 valence electrons. The molecule has 13 heteroatoms. The number of hydrogen-bond acceptors (Lipinski definition) is 9. The second kappa shape index (κ2) is 11.7. The number of pyridine rings is 1. The normalized spacial score (nSPS) is 19.1. The number of nitrogens with one attached hydrogen (secondary N) is 1. The molecule has 0 amide bonds. The van der Waals surface area contributed by atoms with E-state index in [1.807, 2.05) is 29.2 Å². The van der Waals surface area contributed by atoms with Crippen molar-refractivity contribution in [2.24, 2.45) is 0 Å². The van der Waals surface area contributed by atoms with Gasteiger partial charge in [0.05, 0.1) is 38.2 Å². The van der Waals surface area contributed by atoms with E-state index in [9.17, 15) is 22.7 Å². The molecule has 0 aliphatic heterocycles. The molecule has 3 heterocycles. The Morgan fingerprint density at radius 3 is 2.51 bits per heavy atom. The van der Waals surface area contributed by atoms with Crippen molar-refractivity contribution in [3.63, 3.8) is 0 Å². The minimum atomic E-state index is -4.34. The molecule has 1 aliphatic carbocycles. The topological polar surface area (TPSA) is 92.6 Å². The highest BCUT2D eigenvalue weighted by Gasteiger charge is 2.37. The Labute approximate surface area is 238 Å². The van der Waals surface area contributed by atoms with Crippen molar-refractivity contribution in [3.05, 3.63) is 59.0 Å². The summed E-state index contributed by atoms with van der Waals surface area (Å²) in [4.78, 5) is 14.8. The van der Waals surface area contributed by atoms with E-state index in [0.29, 0.717) is 35.4 Å². The number of hydrogen-bond donors (Lipinski definition) is 2. The molecule has 1 fully saturated rings. The van der Waals surface area contributed by atoms with Crippen LogP contribution >= 0.6 is 11.3 Å². The maximum atomic E-state index is 13.6. The lowest BCUT2D eigenvalue weighted by Crippen LogP contribution is -2.38. The van der Waals surface area contributed by atoms with Crippen LogP contribution in [0.5, 0.6) is 11.8 Å². The third kappa shape index (κ3) is 6.52. The molecule has 1 saturated carbocycles. The summed E-state index contributed by atoms with van der Waals surface area (Å²) in [6, 6.07) is 10.6. The molecular weight excluding hydrogens is 562 g/mol. The van der Waals surface area contributed by atoms with Crippen molar-refractivity contribution < 1.29 is 32.1 Å². The zero-order valence-corrected chi connectivity index (χ0v) is 23.4. The van der Waals surface area contributed by atoms with Crippen molar-refractivity contribution >= 4 is 27.4 Å². The van der Waals surface area contributed by atoms with E-state index in [0.717, 1.165) is 28.0 Å². The van der Waals surface area contributed by atoms with E-state index < -0.39 is 24.6 Å². The molecule has 1 aliphatic rings. The number of alkyl halides is 3. The summed E-state index contributed by atoms with van der Waals surface area (Å²) < 4.78 is 62.9. The van der Waals surface area contributed by atoms with E-state index in [2.05, 4.69) is 20.3 Å². The van der Waals surface area contributed by atoms with Crippen molar-refractivity contribution in [3.8, 4) is 22.9 Å². The number of aliphatic hydroxyl groups is 1. The molecule has 0 spiro atoms. The molecule has 1 aromatic carbocycles. The highest BCUT2D eigenvalue weighted by atomic mass is 32.1. The maximum absolute atomic E-state index is 13.6. The summed E-state index contributed by atoms with van der Waals surface area (Å²) in [5.41, 5.74) is 2.63. The number of benzene rings is 1. The highest BCUT2D eigenvalue weighted by molar-refractivity contribution is 7.18. The fourth-order valence-electron chi connectivity index (χ4n) is 5.12. The van der Waals surface area contributed by atoms with E-state index in [4.69, 9.17) is 9.47 Å². The minimum Gasteiger partial charge on any atom is -0.492 e. The number of halogens is 4. The van der Waals surface area contributed by atoms with Gasteiger partial charge in [-0.3, -0.25) is 0 Å². The van der Waals surface area contributed by atoms with E-state index in [1.165, 1.54) is 26.5 Å². The van der Waals surface area contributed by atoms with Crippen molar-refractivity contribution in [2.75, 3.05) is 26.2 Å². The van der Waals surface area contributed by atoms with Crippen LogP contribution in [0.2, 0.25) is 0 Å². The van der Waals surface area contributed by atoms with Gasteiger partial charge in [-0.05, 0) is 36.1 Å². The van der Waals surface area contributed by atoms with Gasteiger partial charge in [0.1, 0.15) is 10.6 Å². The zero-order chi connectivity index (χ0) is 29.3. The third-order valence-corrected chi connectivity index (χ3v) is 8.23. The molecule has 3 unspecified atom stereocenters. The van der Waals surface area contributed by atoms with Crippen molar-refractivity contribution in [1.29, 1.82) is 0 Å². The summed E-state index contributed by atoms with van der Waals surface area (Å²) in [5, 5.41) is 14.9. The molecule has 41 heavy (non-hydrogen) atoms. The Morgan fingerprint density at radius 1 is 1.07 bits per heavy atom. The van der Waals surface area contributed by atoms with Crippen LogP contribution in [0.3, 0.4) is 0 Å². The second-order valence-corrected chi connectivity index (χ2v) is 11.1. The van der Waals surface area contributed by atoms with Crippen LogP contribution in [0.4, 0.5) is 23.4 Å².